The van der Waals surface area contributed by atoms with Crippen molar-refractivity contribution in [2.45, 2.75) is 25.9 Å². The molecule has 0 aliphatic heterocycles. The first-order chi connectivity index (χ1) is 11.8. The molecule has 0 N–H and O–H groups in total. The number of carbonyl (C=O) groups is 1. The lowest BCUT2D eigenvalue weighted by Gasteiger charge is -2.04. The highest BCUT2D eigenvalue weighted by molar-refractivity contribution is 5.89. The van der Waals surface area contributed by atoms with Gasteiger partial charge in [0.05, 0.1) is 5.56 Å². The summed E-state index contributed by atoms with van der Waals surface area (Å²) >= 11 is 0. The summed E-state index contributed by atoms with van der Waals surface area (Å²) < 4.78 is 10.4. The van der Waals surface area contributed by atoms with Gasteiger partial charge in [0.1, 0.15) is 0 Å². The molecule has 3 aromatic rings. The summed E-state index contributed by atoms with van der Waals surface area (Å²) in [7, 11) is 0. The molecular formula is C18H15N3O3. The van der Waals surface area contributed by atoms with Crippen LogP contribution in [0.2, 0.25) is 0 Å². The molecule has 120 valence electrons. The summed E-state index contributed by atoms with van der Waals surface area (Å²) in [5.74, 6) is 0.292. The van der Waals surface area contributed by atoms with Gasteiger partial charge in [0.2, 0.25) is 5.82 Å². The van der Waals surface area contributed by atoms with Gasteiger partial charge in [0, 0.05) is 18.0 Å². The first kappa shape index (κ1) is 14.6. The highest BCUT2D eigenvalue weighted by Gasteiger charge is 2.16. The third-order valence-corrected chi connectivity index (χ3v) is 4.05. The fourth-order valence-corrected chi connectivity index (χ4v) is 2.84. The molecular weight excluding hydrogens is 306 g/mol. The van der Waals surface area contributed by atoms with Gasteiger partial charge in [0.25, 0.3) is 5.89 Å². The van der Waals surface area contributed by atoms with E-state index in [9.17, 15) is 4.79 Å². The fourth-order valence-electron chi connectivity index (χ4n) is 2.84. The third-order valence-electron chi connectivity index (χ3n) is 4.05. The second kappa shape index (κ2) is 6.23. The Morgan fingerprint density at radius 1 is 1.21 bits per heavy atom. The van der Waals surface area contributed by atoms with Crippen LogP contribution in [-0.2, 0) is 24.2 Å². The van der Waals surface area contributed by atoms with Crippen molar-refractivity contribution in [2.24, 2.45) is 0 Å². The van der Waals surface area contributed by atoms with Crippen molar-refractivity contribution in [3.05, 3.63) is 65.3 Å². The van der Waals surface area contributed by atoms with E-state index in [1.165, 1.54) is 11.1 Å². The lowest BCUT2D eigenvalue weighted by Crippen LogP contribution is -2.06. The molecule has 1 aliphatic carbocycles. The number of rotatable bonds is 4. The van der Waals surface area contributed by atoms with E-state index < -0.39 is 0 Å². The Bertz CT molecular complexity index is 874. The molecule has 0 saturated carbocycles. The van der Waals surface area contributed by atoms with Crippen LogP contribution in [0.4, 0.5) is 0 Å². The number of benzene rings is 1. The standard InChI is InChI=1S/C18H15N3O3/c22-18(14-7-6-12-3-1-4-13(12)9-14)23-11-16-20-17(21-24-16)15-5-2-8-19-10-15/h2,5-10H,1,3-4,11H2. The van der Waals surface area contributed by atoms with Crippen molar-refractivity contribution >= 4 is 5.97 Å². The molecule has 4 rings (SSSR count). The maximum Gasteiger partial charge on any atom is 0.338 e. The summed E-state index contributed by atoms with van der Waals surface area (Å²) in [6, 6.07) is 9.35. The van der Waals surface area contributed by atoms with Gasteiger partial charge in [-0.05, 0) is 54.7 Å². The smallest absolute Gasteiger partial charge is 0.338 e. The van der Waals surface area contributed by atoms with E-state index in [1.54, 1.807) is 24.5 Å². The van der Waals surface area contributed by atoms with Gasteiger partial charge in [-0.1, -0.05) is 11.2 Å². The molecule has 0 radical (unpaired) electrons. The van der Waals surface area contributed by atoms with Gasteiger partial charge in [-0.2, -0.15) is 4.98 Å². The summed E-state index contributed by atoms with van der Waals surface area (Å²) in [5, 5.41) is 3.87. The van der Waals surface area contributed by atoms with Gasteiger partial charge in [-0.15, -0.1) is 0 Å². The number of aromatic nitrogens is 3. The first-order valence-corrected chi connectivity index (χ1v) is 7.81. The van der Waals surface area contributed by atoms with Crippen molar-refractivity contribution in [2.75, 3.05) is 0 Å². The molecule has 0 saturated heterocycles. The number of hydrogen-bond donors (Lipinski definition) is 0. The predicted octanol–water partition coefficient (Wildman–Crippen LogP) is 2.98. The average molecular weight is 321 g/mol. The maximum absolute atomic E-state index is 12.2. The second-order valence-corrected chi connectivity index (χ2v) is 5.67. The predicted molar refractivity (Wildman–Crippen MR) is 85.1 cm³/mol. The van der Waals surface area contributed by atoms with E-state index in [1.807, 2.05) is 18.2 Å². The molecule has 6 heteroatoms. The quantitative estimate of drug-likeness (QED) is 0.687. The number of fused-ring (bicyclic) bond motifs is 1. The van der Waals surface area contributed by atoms with Crippen LogP contribution in [0.3, 0.4) is 0 Å². The van der Waals surface area contributed by atoms with Crippen molar-refractivity contribution in [3.63, 3.8) is 0 Å². The normalized spacial score (nSPS) is 12.8. The minimum absolute atomic E-state index is 0.0524. The molecule has 6 nitrogen and oxygen atoms in total. The van der Waals surface area contributed by atoms with Crippen LogP contribution in [-0.4, -0.2) is 21.1 Å². The number of hydrogen-bond acceptors (Lipinski definition) is 6. The van der Waals surface area contributed by atoms with E-state index in [0.717, 1.165) is 24.8 Å². The molecule has 0 spiro atoms. The van der Waals surface area contributed by atoms with E-state index >= 15 is 0 Å². The lowest BCUT2D eigenvalue weighted by molar-refractivity contribution is 0.0429. The Balaban J connectivity index is 1.42. The molecule has 0 atom stereocenters. The van der Waals surface area contributed by atoms with Crippen molar-refractivity contribution in [3.8, 4) is 11.4 Å². The Morgan fingerprint density at radius 2 is 2.12 bits per heavy atom. The number of ether oxygens (including phenoxy) is 1. The van der Waals surface area contributed by atoms with Crippen LogP contribution in [0.25, 0.3) is 11.4 Å². The minimum Gasteiger partial charge on any atom is -0.452 e. The van der Waals surface area contributed by atoms with E-state index in [-0.39, 0.29) is 18.5 Å². The summed E-state index contributed by atoms with van der Waals surface area (Å²) in [6.45, 7) is -0.0524. The Hall–Kier alpha value is -3.02. The molecule has 2 heterocycles. The summed E-state index contributed by atoms with van der Waals surface area (Å²) in [6.07, 6.45) is 6.57. The van der Waals surface area contributed by atoms with Gasteiger partial charge in [-0.25, -0.2) is 4.79 Å². The fraction of sp³-hybridized carbons (Fsp3) is 0.222. The monoisotopic (exact) mass is 321 g/mol. The number of aryl methyl sites for hydroxylation is 2. The zero-order chi connectivity index (χ0) is 16.4. The van der Waals surface area contributed by atoms with Crippen LogP contribution >= 0.6 is 0 Å². The van der Waals surface area contributed by atoms with Crippen LogP contribution < -0.4 is 0 Å². The molecule has 2 aromatic heterocycles. The first-order valence-electron chi connectivity index (χ1n) is 7.81. The number of esters is 1. The number of carbonyl (C=O) groups excluding carboxylic acids is 1. The highest BCUT2D eigenvalue weighted by atomic mass is 16.6. The van der Waals surface area contributed by atoms with E-state index in [4.69, 9.17) is 9.26 Å². The molecule has 0 fully saturated rings. The zero-order valence-electron chi connectivity index (χ0n) is 12.9. The van der Waals surface area contributed by atoms with Gasteiger partial charge < -0.3 is 9.26 Å². The van der Waals surface area contributed by atoms with Crippen molar-refractivity contribution in [1.82, 2.24) is 15.1 Å². The van der Waals surface area contributed by atoms with Crippen LogP contribution in [0, 0.1) is 0 Å². The number of pyridine rings is 1. The van der Waals surface area contributed by atoms with E-state index in [2.05, 4.69) is 15.1 Å². The van der Waals surface area contributed by atoms with Crippen LogP contribution in [0.15, 0.2) is 47.2 Å². The molecule has 1 aromatic carbocycles. The highest BCUT2D eigenvalue weighted by Crippen LogP contribution is 2.23. The molecule has 0 amide bonds. The molecule has 0 bridgehead atoms. The second-order valence-electron chi connectivity index (χ2n) is 5.67. The largest absolute Gasteiger partial charge is 0.452 e. The Kier molecular flexibility index (Phi) is 3.78. The average Bonchev–Trinajstić information content (AvgIpc) is 3.29. The van der Waals surface area contributed by atoms with Gasteiger partial charge in [0.15, 0.2) is 6.61 Å². The number of nitrogens with zero attached hydrogens (tertiary/aromatic N) is 3. The van der Waals surface area contributed by atoms with Gasteiger partial charge >= 0.3 is 5.97 Å². The molecule has 24 heavy (non-hydrogen) atoms. The SMILES string of the molecule is O=C(OCc1nc(-c2cccnc2)no1)c1ccc2c(c1)CCC2. The minimum atomic E-state index is -0.383. The summed E-state index contributed by atoms with van der Waals surface area (Å²) in [5.41, 5.74) is 3.87. The lowest BCUT2D eigenvalue weighted by atomic mass is 10.1. The van der Waals surface area contributed by atoms with Crippen LogP contribution in [0.1, 0.15) is 33.8 Å². The maximum atomic E-state index is 12.2. The molecule has 1 aliphatic rings. The van der Waals surface area contributed by atoms with Crippen molar-refractivity contribution < 1.29 is 14.1 Å². The summed E-state index contributed by atoms with van der Waals surface area (Å²) in [4.78, 5) is 20.4. The van der Waals surface area contributed by atoms with E-state index in [0.29, 0.717) is 11.4 Å². The van der Waals surface area contributed by atoms with Crippen LogP contribution in [0.5, 0.6) is 0 Å². The zero-order valence-corrected chi connectivity index (χ0v) is 12.9. The topological polar surface area (TPSA) is 78.1 Å². The van der Waals surface area contributed by atoms with Crippen molar-refractivity contribution in [1.29, 1.82) is 0 Å². The third kappa shape index (κ3) is 2.90. The molecule has 0 unspecified atom stereocenters. The Morgan fingerprint density at radius 3 is 3.00 bits per heavy atom. The van der Waals surface area contributed by atoms with Gasteiger partial charge in [-0.3, -0.25) is 4.98 Å². The Labute approximate surface area is 138 Å².